The standard InChI is InChI=1S/C21H22N2O4S2/c1-16-7-3-4-9-20(16)28(24,25)19-11-10-17(2)21(15-19)29(26,27)23-14-12-18-8-5-6-13-22-18/h3-11,13,15,23H,12,14H2,1-2H3. The molecule has 3 aromatic rings. The van der Waals surface area contributed by atoms with Crippen molar-refractivity contribution in [3.63, 3.8) is 0 Å². The fraction of sp³-hybridized carbons (Fsp3) is 0.190. The third kappa shape index (κ3) is 4.72. The Kier molecular flexibility index (Phi) is 6.16. The molecule has 0 amide bonds. The second-order valence-electron chi connectivity index (χ2n) is 6.67. The zero-order chi connectivity index (χ0) is 21.1. The van der Waals surface area contributed by atoms with Gasteiger partial charge in [0.25, 0.3) is 0 Å². The van der Waals surface area contributed by atoms with Crippen LogP contribution in [0.5, 0.6) is 0 Å². The van der Waals surface area contributed by atoms with Crippen molar-refractivity contribution in [2.24, 2.45) is 0 Å². The van der Waals surface area contributed by atoms with Gasteiger partial charge in [-0.15, -0.1) is 0 Å². The fourth-order valence-corrected chi connectivity index (χ4v) is 5.86. The molecule has 2 aromatic carbocycles. The molecule has 0 unspecified atom stereocenters. The zero-order valence-corrected chi connectivity index (χ0v) is 17.8. The third-order valence-corrected chi connectivity index (χ3v) is 8.06. The Morgan fingerprint density at radius 2 is 1.52 bits per heavy atom. The Labute approximate surface area is 171 Å². The van der Waals surface area contributed by atoms with Crippen LogP contribution in [0.4, 0.5) is 0 Å². The van der Waals surface area contributed by atoms with Crippen molar-refractivity contribution in [2.45, 2.75) is 35.0 Å². The van der Waals surface area contributed by atoms with Crippen LogP contribution in [-0.4, -0.2) is 28.4 Å². The molecule has 1 N–H and O–H groups in total. The summed E-state index contributed by atoms with van der Waals surface area (Å²) in [6.07, 6.45) is 2.08. The van der Waals surface area contributed by atoms with E-state index in [2.05, 4.69) is 9.71 Å². The Hall–Kier alpha value is -2.55. The van der Waals surface area contributed by atoms with Gasteiger partial charge in [-0.3, -0.25) is 4.98 Å². The SMILES string of the molecule is Cc1ccc(S(=O)(=O)c2ccccc2C)cc1S(=O)(=O)NCCc1ccccn1. The summed E-state index contributed by atoms with van der Waals surface area (Å²) in [5.74, 6) is 0. The Morgan fingerprint density at radius 3 is 2.21 bits per heavy atom. The fourth-order valence-electron chi connectivity index (χ4n) is 2.96. The van der Waals surface area contributed by atoms with Gasteiger partial charge in [-0.05, 0) is 55.3 Å². The van der Waals surface area contributed by atoms with Gasteiger partial charge < -0.3 is 0 Å². The van der Waals surface area contributed by atoms with E-state index in [0.29, 0.717) is 17.5 Å². The van der Waals surface area contributed by atoms with Gasteiger partial charge in [0, 0.05) is 24.9 Å². The predicted molar refractivity (Wildman–Crippen MR) is 111 cm³/mol. The minimum Gasteiger partial charge on any atom is -0.261 e. The minimum atomic E-state index is -3.88. The van der Waals surface area contributed by atoms with Crippen LogP contribution in [0, 0.1) is 13.8 Å². The number of hydrogen-bond acceptors (Lipinski definition) is 5. The van der Waals surface area contributed by atoms with Crippen molar-refractivity contribution in [3.8, 4) is 0 Å². The summed E-state index contributed by atoms with van der Waals surface area (Å²) >= 11 is 0. The van der Waals surface area contributed by atoms with Crippen molar-refractivity contribution < 1.29 is 16.8 Å². The normalized spacial score (nSPS) is 12.1. The summed E-state index contributed by atoms with van der Waals surface area (Å²) in [7, 11) is -7.71. The number of aryl methyl sites for hydroxylation is 2. The highest BCUT2D eigenvalue weighted by atomic mass is 32.2. The highest BCUT2D eigenvalue weighted by molar-refractivity contribution is 7.91. The molecular weight excluding hydrogens is 408 g/mol. The molecule has 6 nitrogen and oxygen atoms in total. The molecule has 0 saturated carbocycles. The van der Waals surface area contributed by atoms with Gasteiger partial charge in [-0.1, -0.05) is 30.3 Å². The minimum absolute atomic E-state index is 0.0480. The van der Waals surface area contributed by atoms with E-state index in [1.54, 1.807) is 44.3 Å². The first-order valence-corrected chi connectivity index (χ1v) is 12.0. The molecule has 152 valence electrons. The van der Waals surface area contributed by atoms with Crippen LogP contribution >= 0.6 is 0 Å². The molecule has 8 heteroatoms. The maximum Gasteiger partial charge on any atom is 0.240 e. The summed E-state index contributed by atoms with van der Waals surface area (Å²) in [6.45, 7) is 3.50. The Morgan fingerprint density at radius 1 is 0.828 bits per heavy atom. The smallest absolute Gasteiger partial charge is 0.240 e. The van der Waals surface area contributed by atoms with Gasteiger partial charge in [0.2, 0.25) is 19.9 Å². The van der Waals surface area contributed by atoms with Crippen LogP contribution in [0.3, 0.4) is 0 Å². The van der Waals surface area contributed by atoms with E-state index < -0.39 is 19.9 Å². The Bertz CT molecular complexity index is 1220. The van der Waals surface area contributed by atoms with E-state index in [9.17, 15) is 16.8 Å². The van der Waals surface area contributed by atoms with E-state index >= 15 is 0 Å². The summed E-state index contributed by atoms with van der Waals surface area (Å²) < 4.78 is 54.2. The monoisotopic (exact) mass is 430 g/mol. The summed E-state index contributed by atoms with van der Waals surface area (Å²) in [5, 5.41) is 0. The molecule has 0 aliphatic heterocycles. The summed E-state index contributed by atoms with van der Waals surface area (Å²) in [4.78, 5) is 4.22. The second-order valence-corrected chi connectivity index (χ2v) is 10.3. The lowest BCUT2D eigenvalue weighted by Crippen LogP contribution is -2.27. The molecule has 29 heavy (non-hydrogen) atoms. The first-order valence-electron chi connectivity index (χ1n) is 9.03. The van der Waals surface area contributed by atoms with Crippen molar-refractivity contribution >= 4 is 19.9 Å². The molecule has 0 spiro atoms. The average Bonchev–Trinajstić information content (AvgIpc) is 2.69. The number of nitrogens with one attached hydrogen (secondary N) is 1. The number of benzene rings is 2. The highest BCUT2D eigenvalue weighted by Crippen LogP contribution is 2.27. The molecule has 0 saturated heterocycles. The highest BCUT2D eigenvalue weighted by Gasteiger charge is 2.24. The zero-order valence-electron chi connectivity index (χ0n) is 16.2. The van der Waals surface area contributed by atoms with Crippen LogP contribution in [0.2, 0.25) is 0 Å². The predicted octanol–water partition coefficient (Wildman–Crippen LogP) is 3.05. The lowest BCUT2D eigenvalue weighted by molar-refractivity contribution is 0.580. The first kappa shape index (κ1) is 21.2. The van der Waals surface area contributed by atoms with E-state index in [1.807, 2.05) is 12.1 Å². The van der Waals surface area contributed by atoms with Crippen molar-refractivity contribution in [1.82, 2.24) is 9.71 Å². The summed E-state index contributed by atoms with van der Waals surface area (Å²) in [5.41, 5.74) is 1.84. The molecular formula is C21H22N2O4S2. The molecule has 0 radical (unpaired) electrons. The topological polar surface area (TPSA) is 93.2 Å². The molecule has 1 aromatic heterocycles. The maximum atomic E-state index is 13.0. The van der Waals surface area contributed by atoms with Gasteiger partial charge in [0.15, 0.2) is 0 Å². The number of sulfonamides is 1. The second kappa shape index (κ2) is 8.44. The number of aromatic nitrogens is 1. The lowest BCUT2D eigenvalue weighted by Gasteiger charge is -2.12. The van der Waals surface area contributed by atoms with Crippen LogP contribution in [0.25, 0.3) is 0 Å². The van der Waals surface area contributed by atoms with E-state index in [1.165, 1.54) is 24.3 Å². The van der Waals surface area contributed by atoms with Gasteiger partial charge in [-0.25, -0.2) is 21.6 Å². The van der Waals surface area contributed by atoms with Crippen molar-refractivity contribution in [1.29, 1.82) is 0 Å². The quantitative estimate of drug-likeness (QED) is 0.622. The molecule has 0 aliphatic rings. The molecule has 1 heterocycles. The number of hydrogen-bond donors (Lipinski definition) is 1. The van der Waals surface area contributed by atoms with Gasteiger partial charge in [0.1, 0.15) is 0 Å². The average molecular weight is 431 g/mol. The number of sulfone groups is 1. The van der Waals surface area contributed by atoms with Crippen molar-refractivity contribution in [3.05, 3.63) is 83.7 Å². The summed E-state index contributed by atoms with van der Waals surface area (Å²) in [6, 6.07) is 16.2. The number of pyridine rings is 1. The van der Waals surface area contributed by atoms with Crippen LogP contribution < -0.4 is 4.72 Å². The largest absolute Gasteiger partial charge is 0.261 e. The molecule has 3 rings (SSSR count). The third-order valence-electron chi connectivity index (χ3n) is 4.54. The lowest BCUT2D eigenvalue weighted by atomic mass is 10.2. The van der Waals surface area contributed by atoms with Crippen molar-refractivity contribution in [2.75, 3.05) is 6.54 Å². The number of rotatable bonds is 7. The molecule has 0 aliphatic carbocycles. The number of nitrogens with zero attached hydrogens (tertiary/aromatic N) is 1. The Balaban J connectivity index is 1.89. The van der Waals surface area contributed by atoms with E-state index in [0.717, 1.165) is 5.69 Å². The van der Waals surface area contributed by atoms with Crippen LogP contribution in [-0.2, 0) is 26.3 Å². The van der Waals surface area contributed by atoms with Gasteiger partial charge >= 0.3 is 0 Å². The van der Waals surface area contributed by atoms with E-state index in [4.69, 9.17) is 0 Å². The first-order chi connectivity index (χ1) is 13.7. The van der Waals surface area contributed by atoms with Gasteiger partial charge in [-0.2, -0.15) is 0 Å². The van der Waals surface area contributed by atoms with Crippen LogP contribution in [0.15, 0.2) is 81.5 Å². The maximum absolute atomic E-state index is 13.0. The molecule has 0 bridgehead atoms. The molecule has 0 fully saturated rings. The van der Waals surface area contributed by atoms with E-state index in [-0.39, 0.29) is 21.2 Å². The van der Waals surface area contributed by atoms with Crippen LogP contribution in [0.1, 0.15) is 16.8 Å². The molecule has 0 atom stereocenters. The van der Waals surface area contributed by atoms with Gasteiger partial charge in [0.05, 0.1) is 14.7 Å².